The van der Waals surface area contributed by atoms with Crippen LogP contribution in [0.25, 0.3) is 22.2 Å². The molecule has 2 aromatic heterocycles. The predicted molar refractivity (Wildman–Crippen MR) is 79.7 cm³/mol. The van der Waals surface area contributed by atoms with E-state index in [0.29, 0.717) is 11.5 Å². The first-order valence-corrected chi connectivity index (χ1v) is 6.32. The largest absolute Gasteiger partial charge is 0.382 e. The van der Waals surface area contributed by atoms with Gasteiger partial charge in [-0.05, 0) is 36.2 Å². The first kappa shape index (κ1) is 13.0. The summed E-state index contributed by atoms with van der Waals surface area (Å²) >= 11 is 0. The number of nitrogens with zero attached hydrogens (tertiary/aromatic N) is 4. The number of hydrogen-bond donors (Lipinski definition) is 1. The number of fused-ring (bicyclic) bond motifs is 1. The highest BCUT2D eigenvalue weighted by atomic mass is 16.6. The molecule has 2 N–H and O–H groups in total. The number of nitrogen functional groups attached to an aromatic ring is 1. The lowest BCUT2D eigenvalue weighted by Gasteiger charge is -2.06. The normalized spacial score (nSPS) is 11.0. The zero-order valence-electron chi connectivity index (χ0n) is 11.6. The lowest BCUT2D eigenvalue weighted by Crippen LogP contribution is -1.94. The van der Waals surface area contributed by atoms with E-state index in [9.17, 15) is 10.1 Å². The van der Waals surface area contributed by atoms with Crippen molar-refractivity contribution in [2.24, 2.45) is 7.05 Å². The van der Waals surface area contributed by atoms with E-state index in [1.807, 2.05) is 13.0 Å². The van der Waals surface area contributed by atoms with E-state index in [1.165, 1.54) is 12.1 Å². The van der Waals surface area contributed by atoms with Crippen LogP contribution in [0.15, 0.2) is 30.3 Å². The van der Waals surface area contributed by atoms with Gasteiger partial charge in [0.2, 0.25) is 0 Å². The van der Waals surface area contributed by atoms with E-state index in [0.717, 1.165) is 22.2 Å². The van der Waals surface area contributed by atoms with Gasteiger partial charge in [0.1, 0.15) is 0 Å². The fraction of sp³-hybridized carbons (Fsp3) is 0.143. The van der Waals surface area contributed by atoms with Crippen molar-refractivity contribution < 1.29 is 4.92 Å². The van der Waals surface area contributed by atoms with Crippen molar-refractivity contribution in [3.8, 4) is 11.1 Å². The number of hydrogen-bond acceptors (Lipinski definition) is 5. The zero-order valence-corrected chi connectivity index (χ0v) is 11.6. The number of nitro benzene ring substituents is 1. The van der Waals surface area contributed by atoms with Gasteiger partial charge < -0.3 is 5.73 Å². The average molecular weight is 283 g/mol. The first-order chi connectivity index (χ1) is 9.97. The number of benzene rings is 1. The molecule has 7 heteroatoms. The van der Waals surface area contributed by atoms with Crippen LogP contribution in [-0.4, -0.2) is 19.7 Å². The molecule has 0 amide bonds. The van der Waals surface area contributed by atoms with Gasteiger partial charge in [-0.15, -0.1) is 0 Å². The molecule has 0 bridgehead atoms. The number of anilines is 1. The van der Waals surface area contributed by atoms with E-state index in [2.05, 4.69) is 10.1 Å². The summed E-state index contributed by atoms with van der Waals surface area (Å²) in [4.78, 5) is 14.8. The third-order valence-electron chi connectivity index (χ3n) is 3.34. The lowest BCUT2D eigenvalue weighted by atomic mass is 10.0. The summed E-state index contributed by atoms with van der Waals surface area (Å²) in [6.07, 6.45) is 0. The molecule has 3 rings (SSSR count). The van der Waals surface area contributed by atoms with Crippen LogP contribution in [0.2, 0.25) is 0 Å². The quantitative estimate of drug-likeness (QED) is 0.575. The van der Waals surface area contributed by atoms with Crippen molar-refractivity contribution in [2.45, 2.75) is 6.92 Å². The van der Waals surface area contributed by atoms with Gasteiger partial charge in [0.15, 0.2) is 11.5 Å². The summed E-state index contributed by atoms with van der Waals surface area (Å²) in [5.41, 5.74) is 9.26. The Morgan fingerprint density at radius 2 is 1.95 bits per heavy atom. The molecule has 0 fully saturated rings. The maximum absolute atomic E-state index is 10.7. The van der Waals surface area contributed by atoms with Gasteiger partial charge in [0.25, 0.3) is 5.69 Å². The molecule has 1 aromatic carbocycles. The van der Waals surface area contributed by atoms with Crippen LogP contribution in [0.4, 0.5) is 11.5 Å². The third kappa shape index (κ3) is 2.08. The van der Waals surface area contributed by atoms with Crippen molar-refractivity contribution in [2.75, 3.05) is 5.73 Å². The molecule has 0 unspecified atom stereocenters. The summed E-state index contributed by atoms with van der Waals surface area (Å²) in [6.45, 7) is 1.89. The van der Waals surface area contributed by atoms with Crippen molar-refractivity contribution in [3.05, 3.63) is 46.1 Å². The molecule has 0 atom stereocenters. The first-order valence-electron chi connectivity index (χ1n) is 6.32. The fourth-order valence-corrected chi connectivity index (χ4v) is 2.39. The predicted octanol–water partition coefficient (Wildman–Crippen LogP) is 2.43. The van der Waals surface area contributed by atoms with Gasteiger partial charge in [-0.3, -0.25) is 10.1 Å². The number of aromatic nitrogens is 3. The smallest absolute Gasteiger partial charge is 0.269 e. The maximum atomic E-state index is 10.7. The van der Waals surface area contributed by atoms with Crippen LogP contribution in [0.5, 0.6) is 0 Å². The third-order valence-corrected chi connectivity index (χ3v) is 3.34. The minimum Gasteiger partial charge on any atom is -0.382 e. The molecular weight excluding hydrogens is 270 g/mol. The Bertz CT molecular complexity index is 852. The molecular formula is C14H13N5O2. The summed E-state index contributed by atoms with van der Waals surface area (Å²) in [6, 6.07) is 8.27. The van der Waals surface area contributed by atoms with Crippen molar-refractivity contribution >= 4 is 22.5 Å². The van der Waals surface area contributed by atoms with Gasteiger partial charge in [0.05, 0.1) is 10.3 Å². The topological polar surface area (TPSA) is 99.9 Å². The Kier molecular flexibility index (Phi) is 2.83. The molecule has 0 saturated heterocycles. The molecule has 0 aliphatic rings. The van der Waals surface area contributed by atoms with Gasteiger partial charge in [-0.1, -0.05) is 0 Å². The van der Waals surface area contributed by atoms with Crippen molar-refractivity contribution in [1.29, 1.82) is 0 Å². The highest BCUT2D eigenvalue weighted by molar-refractivity contribution is 6.00. The Hall–Kier alpha value is -2.96. The van der Waals surface area contributed by atoms with Gasteiger partial charge >= 0.3 is 0 Å². The monoisotopic (exact) mass is 283 g/mol. The second kappa shape index (κ2) is 4.55. The number of aryl methyl sites for hydroxylation is 2. The van der Waals surface area contributed by atoms with Crippen LogP contribution in [0, 0.1) is 17.0 Å². The molecule has 21 heavy (non-hydrogen) atoms. The lowest BCUT2D eigenvalue weighted by molar-refractivity contribution is -0.384. The molecule has 7 nitrogen and oxygen atoms in total. The standard InChI is InChI=1S/C14H13N5O2/c1-8-7-11(9-3-5-10(6-4-9)19(20)21)12-13(15)17-18(2)14(12)16-8/h3-7H,1-2H3,(H2,15,17). The number of nitrogens with two attached hydrogens (primary N) is 1. The SMILES string of the molecule is Cc1cc(-c2ccc([N+](=O)[O-])cc2)c2c(N)nn(C)c2n1. The van der Waals surface area contributed by atoms with Crippen LogP contribution >= 0.6 is 0 Å². The number of non-ortho nitro benzene ring substituents is 1. The Labute approximate surface area is 120 Å². The van der Waals surface area contributed by atoms with Gasteiger partial charge in [0, 0.05) is 24.9 Å². The Balaban J connectivity index is 2.26. The van der Waals surface area contributed by atoms with Gasteiger partial charge in [-0.25, -0.2) is 9.67 Å². The number of nitro groups is 1. The molecule has 0 aliphatic heterocycles. The van der Waals surface area contributed by atoms with E-state index in [-0.39, 0.29) is 5.69 Å². The molecule has 3 aromatic rings. The van der Waals surface area contributed by atoms with Crippen molar-refractivity contribution in [1.82, 2.24) is 14.8 Å². The summed E-state index contributed by atoms with van der Waals surface area (Å²) in [5, 5.41) is 15.7. The highest BCUT2D eigenvalue weighted by Crippen LogP contribution is 2.32. The number of rotatable bonds is 2. The van der Waals surface area contributed by atoms with E-state index in [4.69, 9.17) is 5.73 Å². The second-order valence-corrected chi connectivity index (χ2v) is 4.82. The Morgan fingerprint density at radius 3 is 2.57 bits per heavy atom. The fourth-order valence-electron chi connectivity index (χ4n) is 2.39. The van der Waals surface area contributed by atoms with Crippen molar-refractivity contribution in [3.63, 3.8) is 0 Å². The molecule has 0 aliphatic carbocycles. The van der Waals surface area contributed by atoms with Crippen LogP contribution in [0.3, 0.4) is 0 Å². The molecule has 2 heterocycles. The van der Waals surface area contributed by atoms with Crippen LogP contribution in [-0.2, 0) is 7.05 Å². The molecule has 0 radical (unpaired) electrons. The maximum Gasteiger partial charge on any atom is 0.269 e. The zero-order chi connectivity index (χ0) is 15.1. The molecule has 106 valence electrons. The van der Waals surface area contributed by atoms with Gasteiger partial charge in [-0.2, -0.15) is 5.10 Å². The number of pyridine rings is 1. The Morgan fingerprint density at radius 1 is 1.29 bits per heavy atom. The van der Waals surface area contributed by atoms with Crippen LogP contribution in [0.1, 0.15) is 5.69 Å². The van der Waals surface area contributed by atoms with Crippen LogP contribution < -0.4 is 5.73 Å². The summed E-state index contributed by atoms with van der Waals surface area (Å²) in [5.74, 6) is 0.397. The summed E-state index contributed by atoms with van der Waals surface area (Å²) < 4.78 is 1.63. The minimum atomic E-state index is -0.421. The van der Waals surface area contributed by atoms with E-state index in [1.54, 1.807) is 23.9 Å². The van der Waals surface area contributed by atoms with E-state index >= 15 is 0 Å². The van der Waals surface area contributed by atoms with E-state index < -0.39 is 4.92 Å². The molecule has 0 saturated carbocycles. The minimum absolute atomic E-state index is 0.0555. The molecule has 0 spiro atoms. The highest BCUT2D eigenvalue weighted by Gasteiger charge is 2.15. The summed E-state index contributed by atoms with van der Waals surface area (Å²) in [7, 11) is 1.78. The second-order valence-electron chi connectivity index (χ2n) is 4.82. The average Bonchev–Trinajstić information content (AvgIpc) is 2.73.